The van der Waals surface area contributed by atoms with Crippen LogP contribution in [0.25, 0.3) is 0 Å². The van der Waals surface area contributed by atoms with Gasteiger partial charge in [-0.3, -0.25) is 4.79 Å². The molecule has 2 aliphatic rings. The molecule has 1 atom stereocenters. The van der Waals surface area contributed by atoms with Crippen LogP contribution in [0.2, 0.25) is 0 Å². The quantitative estimate of drug-likeness (QED) is 0.694. The summed E-state index contributed by atoms with van der Waals surface area (Å²) >= 11 is 0. The number of fused-ring (bicyclic) bond motifs is 1. The molecule has 27 heavy (non-hydrogen) atoms. The summed E-state index contributed by atoms with van der Waals surface area (Å²) in [6.07, 6.45) is 0.193. The fourth-order valence-electron chi connectivity index (χ4n) is 3.30. The first kappa shape index (κ1) is 19.9. The van der Waals surface area contributed by atoms with Crippen LogP contribution in [0, 0.1) is 0 Å². The van der Waals surface area contributed by atoms with Gasteiger partial charge in [0.25, 0.3) is 0 Å². The van der Waals surface area contributed by atoms with Gasteiger partial charge in [0, 0.05) is 42.4 Å². The molecule has 0 aliphatic carbocycles. The molecule has 9 heteroatoms. The lowest BCUT2D eigenvalue weighted by molar-refractivity contribution is -0.117. The number of benzene rings is 1. The van der Waals surface area contributed by atoms with Gasteiger partial charge in [-0.1, -0.05) is 6.07 Å². The van der Waals surface area contributed by atoms with E-state index >= 15 is 0 Å². The number of hydrogen-bond donors (Lipinski definition) is 0. The summed E-state index contributed by atoms with van der Waals surface area (Å²) in [5.74, 6) is -0.254. The Balaban J connectivity index is 1.74. The third kappa shape index (κ3) is 4.55. The van der Waals surface area contributed by atoms with Crippen LogP contribution in [-0.4, -0.2) is 49.3 Å². The van der Waals surface area contributed by atoms with Gasteiger partial charge in [0.2, 0.25) is 15.0 Å². The van der Waals surface area contributed by atoms with Crippen molar-refractivity contribution in [1.82, 2.24) is 4.90 Å². The fourth-order valence-corrected chi connectivity index (χ4v) is 4.33. The number of halogens is 1. The number of nitrogens with zero attached hydrogens (tertiary/aromatic N) is 2. The van der Waals surface area contributed by atoms with E-state index in [0.29, 0.717) is 25.2 Å². The molecule has 0 radical (unpaired) electrons. The molecular formula is C18H23ClN2O5S. The van der Waals surface area contributed by atoms with E-state index < -0.39 is 19.9 Å². The lowest BCUT2D eigenvalue weighted by Gasteiger charge is -2.31. The number of rotatable bonds is 2. The number of amides is 2. The number of ether oxygens (including phenoxy) is 1. The Bertz CT molecular complexity index is 878. The van der Waals surface area contributed by atoms with E-state index in [1.165, 1.54) is 4.90 Å². The van der Waals surface area contributed by atoms with E-state index in [1.54, 1.807) is 11.0 Å². The predicted octanol–water partition coefficient (Wildman–Crippen LogP) is 2.65. The Morgan fingerprint density at radius 1 is 1.26 bits per heavy atom. The van der Waals surface area contributed by atoms with Gasteiger partial charge >= 0.3 is 6.09 Å². The van der Waals surface area contributed by atoms with Crippen LogP contribution in [0.5, 0.6) is 0 Å². The molecule has 1 fully saturated rings. The van der Waals surface area contributed by atoms with Crippen LogP contribution in [-0.2, 0) is 31.5 Å². The average Bonchev–Trinajstić information content (AvgIpc) is 2.94. The van der Waals surface area contributed by atoms with Crippen molar-refractivity contribution in [3.63, 3.8) is 0 Å². The maximum Gasteiger partial charge on any atom is 0.410 e. The predicted molar refractivity (Wildman–Crippen MR) is 102 cm³/mol. The molecular weight excluding hydrogens is 392 g/mol. The highest BCUT2D eigenvalue weighted by Crippen LogP contribution is 2.30. The third-order valence-corrected chi connectivity index (χ3v) is 6.52. The van der Waals surface area contributed by atoms with Crippen molar-refractivity contribution in [1.29, 1.82) is 0 Å². The molecule has 148 valence electrons. The molecule has 1 unspecified atom stereocenters. The van der Waals surface area contributed by atoms with E-state index in [0.717, 1.165) is 11.1 Å². The molecule has 1 saturated heterocycles. The molecule has 0 bridgehead atoms. The van der Waals surface area contributed by atoms with Gasteiger partial charge < -0.3 is 14.5 Å². The Labute approximate surface area is 163 Å². The smallest absolute Gasteiger partial charge is 0.410 e. The van der Waals surface area contributed by atoms with Gasteiger partial charge in [-0.05, 0) is 50.5 Å². The topological polar surface area (TPSA) is 84.0 Å². The highest BCUT2D eigenvalue weighted by molar-refractivity contribution is 8.14. The molecule has 2 amide bonds. The first-order valence-corrected chi connectivity index (χ1v) is 11.1. The van der Waals surface area contributed by atoms with Crippen molar-refractivity contribution in [3.05, 3.63) is 29.3 Å². The number of anilines is 1. The van der Waals surface area contributed by atoms with E-state index in [4.69, 9.17) is 15.4 Å². The minimum atomic E-state index is -3.77. The van der Waals surface area contributed by atoms with E-state index in [1.807, 2.05) is 32.9 Å². The maximum atomic E-state index is 12.3. The summed E-state index contributed by atoms with van der Waals surface area (Å²) in [7, 11) is 1.63. The monoisotopic (exact) mass is 414 g/mol. The molecule has 0 saturated carbocycles. The Morgan fingerprint density at radius 2 is 1.96 bits per heavy atom. The zero-order chi connectivity index (χ0) is 20.0. The second-order valence-corrected chi connectivity index (χ2v) is 10.8. The summed E-state index contributed by atoms with van der Waals surface area (Å²) in [6.45, 7) is 6.52. The molecule has 2 heterocycles. The van der Waals surface area contributed by atoms with Gasteiger partial charge in [0.15, 0.2) is 0 Å². The molecule has 7 nitrogen and oxygen atoms in total. The molecule has 0 spiro atoms. The third-order valence-electron chi connectivity index (χ3n) is 4.65. The van der Waals surface area contributed by atoms with Gasteiger partial charge in [-0.25, -0.2) is 13.2 Å². The summed E-state index contributed by atoms with van der Waals surface area (Å²) in [6, 6.07) is 5.54. The SMILES string of the molecule is CC(C)(C)OC(=O)N1CCc2cc(N3CC(S(=O)(=O)Cl)CC3=O)ccc2C1. The number of carbonyl (C=O) groups excluding carboxylic acids is 2. The van der Waals surface area contributed by atoms with E-state index in [9.17, 15) is 18.0 Å². The van der Waals surface area contributed by atoms with Gasteiger partial charge in [0.05, 0.1) is 0 Å². The van der Waals surface area contributed by atoms with Crippen molar-refractivity contribution < 1.29 is 22.7 Å². The second kappa shape index (κ2) is 6.98. The van der Waals surface area contributed by atoms with Crippen molar-refractivity contribution in [3.8, 4) is 0 Å². The largest absolute Gasteiger partial charge is 0.444 e. The van der Waals surface area contributed by atoms with Crippen molar-refractivity contribution in [2.24, 2.45) is 0 Å². The molecule has 0 N–H and O–H groups in total. The van der Waals surface area contributed by atoms with Crippen LogP contribution < -0.4 is 4.90 Å². The molecule has 0 aromatic heterocycles. The summed E-state index contributed by atoms with van der Waals surface area (Å²) < 4.78 is 28.5. The fraction of sp³-hybridized carbons (Fsp3) is 0.556. The van der Waals surface area contributed by atoms with Crippen molar-refractivity contribution in [2.75, 3.05) is 18.0 Å². The number of carbonyl (C=O) groups is 2. The highest BCUT2D eigenvalue weighted by Gasteiger charge is 2.38. The van der Waals surface area contributed by atoms with Crippen LogP contribution in [0.3, 0.4) is 0 Å². The van der Waals surface area contributed by atoms with Gasteiger partial charge in [-0.15, -0.1) is 0 Å². The molecule has 2 aliphatic heterocycles. The second-order valence-electron chi connectivity index (χ2n) is 7.91. The first-order chi connectivity index (χ1) is 12.4. The summed E-state index contributed by atoms with van der Waals surface area (Å²) in [4.78, 5) is 27.6. The van der Waals surface area contributed by atoms with Crippen molar-refractivity contribution in [2.45, 2.75) is 51.0 Å². The van der Waals surface area contributed by atoms with Gasteiger partial charge in [0.1, 0.15) is 10.9 Å². The molecule has 1 aromatic carbocycles. The van der Waals surface area contributed by atoms with E-state index in [2.05, 4.69) is 0 Å². The lowest BCUT2D eigenvalue weighted by atomic mass is 9.99. The summed E-state index contributed by atoms with van der Waals surface area (Å²) in [5.41, 5.74) is 2.14. The van der Waals surface area contributed by atoms with Crippen LogP contribution in [0.4, 0.5) is 10.5 Å². The maximum absolute atomic E-state index is 12.3. The van der Waals surface area contributed by atoms with Crippen LogP contribution in [0.1, 0.15) is 38.3 Å². The average molecular weight is 415 g/mol. The van der Waals surface area contributed by atoms with Crippen molar-refractivity contribution >= 4 is 37.4 Å². The van der Waals surface area contributed by atoms with Gasteiger partial charge in [-0.2, -0.15) is 0 Å². The first-order valence-electron chi connectivity index (χ1n) is 8.77. The van der Waals surface area contributed by atoms with E-state index in [-0.39, 0.29) is 25.0 Å². The Hall–Kier alpha value is -1.80. The number of hydrogen-bond acceptors (Lipinski definition) is 5. The standard InChI is InChI=1S/C18H23ClN2O5S/c1-18(2,3)26-17(23)20-7-6-12-8-14(5-4-13(12)10-20)21-11-15(9-16(21)22)27(19,24)25/h4-5,8,15H,6-7,9-11H2,1-3H3. The van der Waals surface area contributed by atoms with Crippen LogP contribution in [0.15, 0.2) is 18.2 Å². The highest BCUT2D eigenvalue weighted by atomic mass is 35.7. The minimum Gasteiger partial charge on any atom is -0.444 e. The lowest BCUT2D eigenvalue weighted by Crippen LogP contribution is -2.40. The summed E-state index contributed by atoms with van der Waals surface area (Å²) in [5, 5.41) is -0.884. The zero-order valence-electron chi connectivity index (χ0n) is 15.6. The van der Waals surface area contributed by atoms with Crippen LogP contribution >= 0.6 is 10.7 Å². The Kier molecular flexibility index (Phi) is 5.16. The Morgan fingerprint density at radius 3 is 2.56 bits per heavy atom. The minimum absolute atomic E-state index is 0.0630. The normalized spacial score (nSPS) is 20.6. The molecule has 3 rings (SSSR count). The molecule has 1 aromatic rings. The zero-order valence-corrected chi connectivity index (χ0v) is 17.1.